The smallest absolute Gasteiger partial charge is 0.222 e. The van der Waals surface area contributed by atoms with Gasteiger partial charge in [0.05, 0.1) is 10.9 Å². The molecule has 0 atom stereocenters. The predicted octanol–water partition coefficient (Wildman–Crippen LogP) is 3.76. The molecule has 0 fully saturated rings. The molecule has 5 nitrogen and oxygen atoms in total. The summed E-state index contributed by atoms with van der Waals surface area (Å²) in [5.74, 6) is 1.04. The van der Waals surface area contributed by atoms with Gasteiger partial charge in [-0.3, -0.25) is 0 Å². The summed E-state index contributed by atoms with van der Waals surface area (Å²) in [6.45, 7) is 3.93. The van der Waals surface area contributed by atoms with Gasteiger partial charge in [-0.25, -0.2) is 4.98 Å². The number of fused-ring (bicyclic) bond motifs is 1. The highest BCUT2D eigenvalue weighted by molar-refractivity contribution is 6.30. The van der Waals surface area contributed by atoms with E-state index in [1.807, 2.05) is 56.3 Å². The van der Waals surface area contributed by atoms with Crippen molar-refractivity contribution in [2.24, 2.45) is 0 Å². The molecule has 1 aromatic heterocycles. The van der Waals surface area contributed by atoms with Crippen LogP contribution >= 0.6 is 11.6 Å². The van der Waals surface area contributed by atoms with Crippen LogP contribution in [0, 0.1) is 0 Å². The first-order chi connectivity index (χ1) is 10.9. The first kappa shape index (κ1) is 15.4. The van der Waals surface area contributed by atoms with Gasteiger partial charge in [-0.1, -0.05) is 29.8 Å². The molecular weight excluding hydrogens is 312 g/mol. The lowest BCUT2D eigenvalue weighted by molar-refractivity contribution is 0.111. The van der Waals surface area contributed by atoms with E-state index in [1.54, 1.807) is 0 Å². The molecule has 0 aliphatic heterocycles. The number of halogens is 1. The van der Waals surface area contributed by atoms with Crippen LogP contribution in [0.5, 0.6) is 5.75 Å². The Labute approximate surface area is 139 Å². The molecule has 0 unspecified atom stereocenters. The second kappa shape index (κ2) is 5.59. The molecule has 3 rings (SSSR count). The van der Waals surface area contributed by atoms with Crippen LogP contribution in [-0.2, 0) is 5.60 Å². The summed E-state index contributed by atoms with van der Waals surface area (Å²) in [5.41, 5.74) is 12.7. The average Bonchev–Trinajstić information content (AvgIpc) is 2.46. The second-order valence-corrected chi connectivity index (χ2v) is 6.18. The first-order valence-corrected chi connectivity index (χ1v) is 7.51. The SMILES string of the molecule is CC(C)(Oc1cccc2nc(N)nc(N)c12)c1cccc(Cl)c1. The second-order valence-electron chi connectivity index (χ2n) is 5.74. The van der Waals surface area contributed by atoms with Crippen molar-refractivity contribution in [3.63, 3.8) is 0 Å². The van der Waals surface area contributed by atoms with Crippen molar-refractivity contribution in [2.75, 3.05) is 11.5 Å². The molecule has 118 valence electrons. The maximum atomic E-state index is 6.22. The fourth-order valence-electron chi connectivity index (χ4n) is 2.48. The molecule has 0 amide bonds. The number of aromatic nitrogens is 2. The molecule has 0 spiro atoms. The number of rotatable bonds is 3. The highest BCUT2D eigenvalue weighted by Crippen LogP contribution is 2.35. The van der Waals surface area contributed by atoms with Gasteiger partial charge in [0, 0.05) is 5.02 Å². The zero-order valence-electron chi connectivity index (χ0n) is 12.9. The minimum Gasteiger partial charge on any atom is -0.482 e. The van der Waals surface area contributed by atoms with Crippen molar-refractivity contribution in [1.29, 1.82) is 0 Å². The highest BCUT2D eigenvalue weighted by atomic mass is 35.5. The van der Waals surface area contributed by atoms with Crippen LogP contribution in [0.1, 0.15) is 19.4 Å². The molecule has 23 heavy (non-hydrogen) atoms. The third kappa shape index (κ3) is 3.00. The number of hydrogen-bond acceptors (Lipinski definition) is 5. The number of ether oxygens (including phenoxy) is 1. The van der Waals surface area contributed by atoms with Crippen molar-refractivity contribution in [3.8, 4) is 5.75 Å². The first-order valence-electron chi connectivity index (χ1n) is 7.13. The summed E-state index contributed by atoms with van der Waals surface area (Å²) < 4.78 is 6.22. The summed E-state index contributed by atoms with van der Waals surface area (Å²) in [6, 6.07) is 13.1. The van der Waals surface area contributed by atoms with Gasteiger partial charge < -0.3 is 16.2 Å². The number of nitrogens with zero attached hydrogens (tertiary/aromatic N) is 2. The molecule has 3 aromatic rings. The number of anilines is 2. The third-order valence-electron chi connectivity index (χ3n) is 3.62. The van der Waals surface area contributed by atoms with Gasteiger partial charge in [-0.2, -0.15) is 4.98 Å². The van der Waals surface area contributed by atoms with Crippen LogP contribution in [0.15, 0.2) is 42.5 Å². The van der Waals surface area contributed by atoms with Gasteiger partial charge in [0.25, 0.3) is 0 Å². The molecule has 1 heterocycles. The van der Waals surface area contributed by atoms with Crippen molar-refractivity contribution in [1.82, 2.24) is 9.97 Å². The molecule has 6 heteroatoms. The molecular formula is C17H17ClN4O. The van der Waals surface area contributed by atoms with Gasteiger partial charge in [-0.05, 0) is 43.7 Å². The van der Waals surface area contributed by atoms with E-state index in [1.165, 1.54) is 0 Å². The van der Waals surface area contributed by atoms with E-state index in [4.69, 9.17) is 27.8 Å². The number of hydrogen-bond donors (Lipinski definition) is 2. The molecule has 0 radical (unpaired) electrons. The average molecular weight is 329 g/mol. The zero-order chi connectivity index (χ0) is 16.6. The largest absolute Gasteiger partial charge is 0.482 e. The van der Waals surface area contributed by atoms with Gasteiger partial charge in [0.1, 0.15) is 17.2 Å². The molecule has 0 aliphatic rings. The van der Waals surface area contributed by atoms with Crippen LogP contribution < -0.4 is 16.2 Å². The summed E-state index contributed by atoms with van der Waals surface area (Å²) in [7, 11) is 0. The summed E-state index contributed by atoms with van der Waals surface area (Å²) in [4.78, 5) is 8.22. The maximum Gasteiger partial charge on any atom is 0.222 e. The Morgan fingerprint density at radius 1 is 1.04 bits per heavy atom. The van der Waals surface area contributed by atoms with Crippen LogP contribution in [0.3, 0.4) is 0 Å². The summed E-state index contributed by atoms with van der Waals surface area (Å²) >= 11 is 6.08. The van der Waals surface area contributed by atoms with Gasteiger partial charge in [-0.15, -0.1) is 0 Å². The highest BCUT2D eigenvalue weighted by Gasteiger charge is 2.24. The van der Waals surface area contributed by atoms with E-state index < -0.39 is 5.60 Å². The molecule has 4 N–H and O–H groups in total. The molecule has 0 saturated carbocycles. The Morgan fingerprint density at radius 3 is 2.52 bits per heavy atom. The molecule has 0 saturated heterocycles. The van der Waals surface area contributed by atoms with E-state index in [9.17, 15) is 0 Å². The normalized spacial score (nSPS) is 11.6. The Bertz CT molecular complexity index is 880. The Kier molecular flexibility index (Phi) is 3.74. The van der Waals surface area contributed by atoms with Crippen LogP contribution in [0.4, 0.5) is 11.8 Å². The van der Waals surface area contributed by atoms with Gasteiger partial charge in [0.2, 0.25) is 5.95 Å². The van der Waals surface area contributed by atoms with Gasteiger partial charge in [0.15, 0.2) is 0 Å². The minimum atomic E-state index is -0.604. The van der Waals surface area contributed by atoms with Crippen LogP contribution in [0.2, 0.25) is 5.02 Å². The van der Waals surface area contributed by atoms with E-state index in [0.717, 1.165) is 5.56 Å². The molecule has 2 aromatic carbocycles. The van der Waals surface area contributed by atoms with E-state index in [2.05, 4.69) is 9.97 Å². The quantitative estimate of drug-likeness (QED) is 0.764. The standard InChI is InChI=1S/C17H17ClN4O/c1-17(2,10-5-3-6-11(18)9-10)23-13-8-4-7-12-14(13)15(19)22-16(20)21-12/h3-9H,1-2H3,(H4,19,20,21,22). The van der Waals surface area contributed by atoms with Crippen LogP contribution in [0.25, 0.3) is 10.9 Å². The van der Waals surface area contributed by atoms with E-state index in [-0.39, 0.29) is 5.95 Å². The van der Waals surface area contributed by atoms with Crippen LogP contribution in [-0.4, -0.2) is 9.97 Å². The Hall–Kier alpha value is -2.53. The molecule has 0 bridgehead atoms. The van der Waals surface area contributed by atoms with Gasteiger partial charge >= 0.3 is 0 Å². The Balaban J connectivity index is 2.07. The molecule has 0 aliphatic carbocycles. The van der Waals surface area contributed by atoms with Crippen molar-refractivity contribution in [3.05, 3.63) is 53.1 Å². The lowest BCUT2D eigenvalue weighted by Crippen LogP contribution is -2.25. The topological polar surface area (TPSA) is 87.0 Å². The van der Waals surface area contributed by atoms with E-state index in [0.29, 0.717) is 27.5 Å². The number of nitrogen functional groups attached to an aromatic ring is 2. The minimum absolute atomic E-state index is 0.140. The number of nitrogens with two attached hydrogens (primary N) is 2. The third-order valence-corrected chi connectivity index (χ3v) is 3.85. The Morgan fingerprint density at radius 2 is 1.78 bits per heavy atom. The number of benzene rings is 2. The van der Waals surface area contributed by atoms with E-state index >= 15 is 0 Å². The lowest BCUT2D eigenvalue weighted by atomic mass is 9.98. The fraction of sp³-hybridized carbons (Fsp3) is 0.176. The van der Waals surface area contributed by atoms with Crippen molar-refractivity contribution in [2.45, 2.75) is 19.4 Å². The van der Waals surface area contributed by atoms with Crippen molar-refractivity contribution < 1.29 is 4.74 Å². The zero-order valence-corrected chi connectivity index (χ0v) is 13.6. The lowest BCUT2D eigenvalue weighted by Gasteiger charge is -2.28. The summed E-state index contributed by atoms with van der Waals surface area (Å²) in [6.07, 6.45) is 0. The fourth-order valence-corrected chi connectivity index (χ4v) is 2.67. The summed E-state index contributed by atoms with van der Waals surface area (Å²) in [5, 5.41) is 1.31. The predicted molar refractivity (Wildman–Crippen MR) is 93.5 cm³/mol. The maximum absolute atomic E-state index is 6.22. The van der Waals surface area contributed by atoms with Crippen molar-refractivity contribution >= 4 is 34.3 Å². The monoisotopic (exact) mass is 328 g/mol.